The number of pyridine rings is 1. The van der Waals surface area contributed by atoms with Crippen LogP contribution in [0.2, 0.25) is 0 Å². The van der Waals surface area contributed by atoms with E-state index in [1.54, 1.807) is 0 Å². The molecule has 0 bridgehead atoms. The van der Waals surface area contributed by atoms with Gasteiger partial charge in [0.15, 0.2) is 6.17 Å². The van der Waals surface area contributed by atoms with Crippen molar-refractivity contribution in [3.63, 3.8) is 0 Å². The average molecular weight is 505 g/mol. The van der Waals surface area contributed by atoms with Crippen LogP contribution in [0, 0.1) is 24.7 Å². The normalized spacial score (nSPS) is 14.0. The first-order valence-corrected chi connectivity index (χ1v) is 13.8. The number of aromatic nitrogens is 1. The molecule has 0 aliphatic carbocycles. The Hall–Kier alpha value is -3.39. The van der Waals surface area contributed by atoms with E-state index in [1.807, 2.05) is 11.6 Å². The van der Waals surface area contributed by atoms with Crippen LogP contribution in [-0.2, 0) is 19.9 Å². The van der Waals surface area contributed by atoms with E-state index in [0.29, 0.717) is 0 Å². The van der Waals surface area contributed by atoms with Gasteiger partial charge in [-0.2, -0.15) is 0 Å². The highest BCUT2D eigenvalue weighted by molar-refractivity contribution is 6.16. The van der Waals surface area contributed by atoms with Crippen molar-refractivity contribution in [2.45, 2.75) is 68.2 Å². The monoisotopic (exact) mass is 504 g/mol. The molecular formula is C36H40NO+. The number of hydrogen-bond acceptors (Lipinski definition) is 1. The molecule has 1 aliphatic heterocycles. The van der Waals surface area contributed by atoms with E-state index in [4.69, 9.17) is 7.48 Å². The van der Waals surface area contributed by atoms with Crippen LogP contribution in [-0.4, -0.2) is 0 Å². The summed E-state index contributed by atoms with van der Waals surface area (Å²) in [6, 6.07) is 15.6. The molecule has 5 aromatic rings. The second-order valence-electron chi connectivity index (χ2n) is 13.7. The number of benzene rings is 4. The molecule has 4 aromatic carbocycles. The van der Waals surface area contributed by atoms with Crippen LogP contribution in [0.1, 0.15) is 66.5 Å². The van der Waals surface area contributed by atoms with Gasteiger partial charge in [0.2, 0.25) is 5.69 Å². The number of rotatable bonds is 2. The molecule has 2 heterocycles. The van der Waals surface area contributed by atoms with E-state index in [2.05, 4.69) is 97.9 Å². The van der Waals surface area contributed by atoms with Crippen molar-refractivity contribution in [2.24, 2.45) is 17.9 Å². The molecule has 0 N–H and O–H groups in total. The lowest BCUT2D eigenvalue weighted by atomic mass is 9.81. The predicted molar refractivity (Wildman–Crippen MR) is 161 cm³/mol. The SMILES string of the molecule is [2H]c1c([2H])[n+](C)c2c3c(cc4c(CC(C)(C)C)cccc4c13)Oc1c-2c(C)c2cc(C)ccc2c1CC(C)(C)C. The van der Waals surface area contributed by atoms with E-state index >= 15 is 0 Å². The fourth-order valence-corrected chi connectivity index (χ4v) is 6.31. The third-order valence-corrected chi connectivity index (χ3v) is 7.82. The zero-order valence-corrected chi connectivity index (χ0v) is 24.3. The summed E-state index contributed by atoms with van der Waals surface area (Å²) in [4.78, 5) is 0. The van der Waals surface area contributed by atoms with Crippen molar-refractivity contribution >= 4 is 32.3 Å². The minimum Gasteiger partial charge on any atom is -0.455 e. The van der Waals surface area contributed by atoms with E-state index in [9.17, 15) is 0 Å². The summed E-state index contributed by atoms with van der Waals surface area (Å²) < 4.78 is 27.2. The first-order chi connectivity index (χ1) is 18.7. The van der Waals surface area contributed by atoms with Crippen molar-refractivity contribution in [3.8, 4) is 22.8 Å². The molecule has 0 unspecified atom stereocenters. The number of nitrogens with zero attached hydrogens (tertiary/aromatic N) is 1. The Kier molecular flexibility index (Phi) is 4.93. The van der Waals surface area contributed by atoms with Gasteiger partial charge in [0.25, 0.3) is 0 Å². The molecule has 0 saturated carbocycles. The van der Waals surface area contributed by atoms with Crippen molar-refractivity contribution in [2.75, 3.05) is 0 Å². The molecular weight excluding hydrogens is 462 g/mol. The Morgan fingerprint density at radius 3 is 2.26 bits per heavy atom. The van der Waals surface area contributed by atoms with Crippen LogP contribution in [0.3, 0.4) is 0 Å². The fourth-order valence-electron chi connectivity index (χ4n) is 6.31. The Morgan fingerprint density at radius 1 is 0.816 bits per heavy atom. The molecule has 194 valence electrons. The van der Waals surface area contributed by atoms with Gasteiger partial charge in [-0.1, -0.05) is 83.5 Å². The minimum atomic E-state index is 0.0525. The van der Waals surface area contributed by atoms with Crippen LogP contribution < -0.4 is 9.30 Å². The Labute approximate surface area is 230 Å². The molecule has 0 amide bonds. The average Bonchev–Trinajstić information content (AvgIpc) is 2.85. The van der Waals surface area contributed by atoms with Crippen molar-refractivity contribution < 1.29 is 12.0 Å². The van der Waals surface area contributed by atoms with Gasteiger partial charge in [-0.3, -0.25) is 0 Å². The first kappa shape index (κ1) is 22.6. The third kappa shape index (κ3) is 3.97. The smallest absolute Gasteiger partial charge is 0.228 e. The lowest BCUT2D eigenvalue weighted by molar-refractivity contribution is -0.659. The van der Waals surface area contributed by atoms with E-state index in [1.165, 1.54) is 27.5 Å². The van der Waals surface area contributed by atoms with Gasteiger partial charge in [0.05, 0.1) is 12.3 Å². The lowest BCUT2D eigenvalue weighted by Gasteiger charge is -2.28. The van der Waals surface area contributed by atoms with Gasteiger partial charge >= 0.3 is 0 Å². The fraction of sp³-hybridized carbons (Fsp3) is 0.361. The second kappa shape index (κ2) is 8.30. The van der Waals surface area contributed by atoms with E-state index in [-0.39, 0.29) is 23.0 Å². The second-order valence-corrected chi connectivity index (χ2v) is 13.7. The maximum Gasteiger partial charge on any atom is 0.228 e. The first-order valence-electron chi connectivity index (χ1n) is 14.8. The Morgan fingerprint density at radius 2 is 1.55 bits per heavy atom. The summed E-state index contributed by atoms with van der Waals surface area (Å²) in [5.74, 6) is 1.69. The molecule has 6 rings (SSSR count). The summed E-state index contributed by atoms with van der Waals surface area (Å²) in [6.45, 7) is 17.9. The highest BCUT2D eigenvalue weighted by Crippen LogP contribution is 2.53. The molecule has 38 heavy (non-hydrogen) atoms. The number of hydrogen-bond donors (Lipinski definition) is 0. The molecule has 0 atom stereocenters. The summed E-state index contributed by atoms with van der Waals surface area (Å²) >= 11 is 0. The lowest BCUT2D eigenvalue weighted by Crippen LogP contribution is -2.32. The van der Waals surface area contributed by atoms with Crippen molar-refractivity contribution in [3.05, 3.63) is 76.9 Å². The Balaban J connectivity index is 1.83. The molecule has 0 spiro atoms. The van der Waals surface area contributed by atoms with Gasteiger partial charge in [-0.25, -0.2) is 4.57 Å². The van der Waals surface area contributed by atoms with E-state index in [0.717, 1.165) is 62.7 Å². The zero-order valence-electron chi connectivity index (χ0n) is 26.3. The summed E-state index contributed by atoms with van der Waals surface area (Å²) in [5, 5.41) is 6.35. The van der Waals surface area contributed by atoms with Crippen LogP contribution in [0.15, 0.2) is 54.7 Å². The highest BCUT2D eigenvalue weighted by Gasteiger charge is 2.34. The largest absolute Gasteiger partial charge is 0.455 e. The predicted octanol–water partition coefficient (Wildman–Crippen LogP) is 9.54. The molecule has 2 nitrogen and oxygen atoms in total. The molecule has 0 radical (unpaired) electrons. The molecule has 0 saturated heterocycles. The van der Waals surface area contributed by atoms with Crippen LogP contribution >= 0.6 is 0 Å². The minimum absolute atomic E-state index is 0.0525. The van der Waals surface area contributed by atoms with Crippen LogP contribution in [0.25, 0.3) is 43.6 Å². The number of fused-ring (bicyclic) bond motifs is 5. The standard InChI is InChI=1S/C36H40NO/c1-21-13-14-25-27(17-21)22(2)31-33-32-26(15-16-37(33)9)24-12-10-11-23(19-35(3,4)5)28(24)18-30(32)38-34(31)29(25)20-36(6,7)8/h10-18H,19-20H2,1-9H3/q+1/i15D,16D. The van der Waals surface area contributed by atoms with Gasteiger partial charge < -0.3 is 4.74 Å². The van der Waals surface area contributed by atoms with Crippen molar-refractivity contribution in [1.82, 2.24) is 0 Å². The number of aryl methyl sites for hydroxylation is 2. The van der Waals surface area contributed by atoms with Gasteiger partial charge in [0, 0.05) is 17.0 Å². The molecule has 0 fully saturated rings. The zero-order chi connectivity index (χ0) is 28.9. The quantitative estimate of drug-likeness (QED) is 0.169. The van der Waals surface area contributed by atoms with E-state index < -0.39 is 0 Å². The Bertz CT molecular complexity index is 1890. The van der Waals surface area contributed by atoms with Crippen molar-refractivity contribution in [1.29, 1.82) is 0 Å². The highest BCUT2D eigenvalue weighted by atomic mass is 16.5. The molecule has 1 aliphatic rings. The maximum absolute atomic E-state index is 9.15. The topological polar surface area (TPSA) is 13.1 Å². The van der Waals surface area contributed by atoms with Gasteiger partial charge in [-0.05, 0) is 76.3 Å². The molecule has 2 heteroatoms. The third-order valence-electron chi connectivity index (χ3n) is 7.82. The van der Waals surface area contributed by atoms with Crippen LogP contribution in [0.5, 0.6) is 11.5 Å². The number of ether oxygens (including phenoxy) is 1. The summed E-state index contributed by atoms with van der Waals surface area (Å²) in [7, 11) is 1.93. The summed E-state index contributed by atoms with van der Waals surface area (Å²) in [5.41, 5.74) is 7.04. The summed E-state index contributed by atoms with van der Waals surface area (Å²) in [6.07, 6.45) is 2.00. The van der Waals surface area contributed by atoms with Gasteiger partial charge in [0.1, 0.15) is 19.9 Å². The maximum atomic E-state index is 9.15. The van der Waals surface area contributed by atoms with Crippen LogP contribution in [0.4, 0.5) is 0 Å². The van der Waals surface area contributed by atoms with Gasteiger partial charge in [-0.15, -0.1) is 0 Å². The molecule has 1 aromatic heterocycles.